The van der Waals surface area contributed by atoms with Crippen LogP contribution in [0.25, 0.3) is 11.3 Å². The Balaban J connectivity index is 1.32. The third-order valence-corrected chi connectivity index (χ3v) is 5.71. The normalized spacial score (nSPS) is 14.4. The van der Waals surface area contributed by atoms with E-state index in [9.17, 15) is 4.79 Å². The van der Waals surface area contributed by atoms with E-state index < -0.39 is 6.10 Å². The maximum Gasteiger partial charge on any atom is 0.263 e. The number of ether oxygens (including phenoxy) is 3. The van der Waals surface area contributed by atoms with E-state index in [2.05, 4.69) is 15.1 Å². The lowest BCUT2D eigenvalue weighted by Crippen LogP contribution is -2.52. The summed E-state index contributed by atoms with van der Waals surface area (Å²) in [6.45, 7) is 6.87. The Hall–Kier alpha value is -3.81. The summed E-state index contributed by atoms with van der Waals surface area (Å²) in [5.41, 5.74) is 1.74. The molecule has 8 heteroatoms. The largest absolute Gasteiger partial charge is 0.497 e. The Morgan fingerprint density at radius 3 is 2.38 bits per heavy atom. The molecule has 3 aromatic rings. The number of amides is 1. The van der Waals surface area contributed by atoms with Crippen LogP contribution in [-0.2, 0) is 4.79 Å². The molecule has 1 aromatic heterocycles. The molecule has 8 nitrogen and oxygen atoms in total. The lowest BCUT2D eigenvalue weighted by atomic mass is 10.1. The van der Waals surface area contributed by atoms with E-state index in [0.29, 0.717) is 38.5 Å². The molecule has 0 saturated carbocycles. The fourth-order valence-electron chi connectivity index (χ4n) is 3.90. The van der Waals surface area contributed by atoms with Gasteiger partial charge >= 0.3 is 0 Å². The first-order valence-corrected chi connectivity index (χ1v) is 11.5. The maximum atomic E-state index is 12.9. The van der Waals surface area contributed by atoms with Gasteiger partial charge in [-0.3, -0.25) is 4.79 Å². The number of benzene rings is 2. The molecule has 1 aliphatic heterocycles. The summed E-state index contributed by atoms with van der Waals surface area (Å²) in [4.78, 5) is 16.9. The Kier molecular flexibility index (Phi) is 7.47. The Labute approximate surface area is 200 Å². The van der Waals surface area contributed by atoms with Crippen LogP contribution in [0.4, 0.5) is 5.82 Å². The van der Waals surface area contributed by atoms with Crippen LogP contribution in [-0.4, -0.2) is 67.0 Å². The van der Waals surface area contributed by atoms with Crippen LogP contribution in [0, 0.1) is 0 Å². The Bertz CT molecular complexity index is 1100. The number of hydrogen-bond donors (Lipinski definition) is 0. The number of anilines is 1. The molecule has 0 bridgehead atoms. The average molecular weight is 463 g/mol. The zero-order chi connectivity index (χ0) is 23.9. The standard InChI is InChI=1S/C26H30N4O4/c1-4-33-22-9-6-10-23(18-22)34-19(2)26(31)30-15-13-29(14-16-30)25-12-11-24(27-28-25)20-7-5-8-21(17-20)32-3/h5-12,17-19H,4,13-16H2,1-3H3. The maximum absolute atomic E-state index is 12.9. The number of nitrogens with zero attached hydrogens (tertiary/aromatic N) is 4. The van der Waals surface area contributed by atoms with Crippen molar-refractivity contribution in [2.24, 2.45) is 0 Å². The van der Waals surface area contributed by atoms with E-state index in [1.165, 1.54) is 0 Å². The van der Waals surface area contributed by atoms with Gasteiger partial charge in [-0.1, -0.05) is 18.2 Å². The Morgan fingerprint density at radius 1 is 0.941 bits per heavy atom. The average Bonchev–Trinajstić information content (AvgIpc) is 2.89. The van der Waals surface area contributed by atoms with Gasteiger partial charge in [0, 0.05) is 37.8 Å². The van der Waals surface area contributed by atoms with Crippen molar-refractivity contribution in [1.82, 2.24) is 15.1 Å². The molecule has 4 rings (SSSR count). The summed E-state index contributed by atoms with van der Waals surface area (Å²) in [7, 11) is 1.64. The number of hydrogen-bond acceptors (Lipinski definition) is 7. The molecule has 0 spiro atoms. The smallest absolute Gasteiger partial charge is 0.263 e. The van der Waals surface area contributed by atoms with Crippen molar-refractivity contribution in [1.29, 1.82) is 0 Å². The molecule has 0 radical (unpaired) electrons. The molecule has 1 unspecified atom stereocenters. The monoisotopic (exact) mass is 462 g/mol. The summed E-state index contributed by atoms with van der Waals surface area (Å²) in [6, 6.07) is 19.0. The number of piperazine rings is 1. The van der Waals surface area contributed by atoms with Gasteiger partial charge in [0.05, 0.1) is 19.4 Å². The van der Waals surface area contributed by atoms with Crippen LogP contribution in [0.2, 0.25) is 0 Å². The molecule has 0 aliphatic carbocycles. The van der Waals surface area contributed by atoms with Crippen LogP contribution in [0.5, 0.6) is 17.2 Å². The minimum Gasteiger partial charge on any atom is -0.497 e. The second kappa shape index (κ2) is 10.9. The Morgan fingerprint density at radius 2 is 1.68 bits per heavy atom. The van der Waals surface area contributed by atoms with E-state index in [-0.39, 0.29) is 5.91 Å². The number of methoxy groups -OCH3 is 1. The second-order valence-electron chi connectivity index (χ2n) is 7.99. The van der Waals surface area contributed by atoms with Crippen molar-refractivity contribution in [2.45, 2.75) is 20.0 Å². The van der Waals surface area contributed by atoms with Gasteiger partial charge in [-0.2, -0.15) is 0 Å². The fraction of sp³-hybridized carbons (Fsp3) is 0.346. The predicted molar refractivity (Wildman–Crippen MR) is 131 cm³/mol. The molecule has 1 fully saturated rings. The highest BCUT2D eigenvalue weighted by Crippen LogP contribution is 2.24. The van der Waals surface area contributed by atoms with Gasteiger partial charge in [0.15, 0.2) is 11.9 Å². The van der Waals surface area contributed by atoms with E-state index in [0.717, 1.165) is 28.6 Å². The first kappa shape index (κ1) is 23.4. The van der Waals surface area contributed by atoms with Crippen LogP contribution in [0.3, 0.4) is 0 Å². The van der Waals surface area contributed by atoms with Gasteiger partial charge in [0.2, 0.25) is 0 Å². The minimum absolute atomic E-state index is 0.0269. The van der Waals surface area contributed by atoms with Gasteiger partial charge in [0.25, 0.3) is 5.91 Å². The van der Waals surface area contributed by atoms with Crippen molar-refractivity contribution < 1.29 is 19.0 Å². The van der Waals surface area contributed by atoms with E-state index >= 15 is 0 Å². The lowest BCUT2D eigenvalue weighted by Gasteiger charge is -2.36. The highest BCUT2D eigenvalue weighted by Gasteiger charge is 2.26. The highest BCUT2D eigenvalue weighted by molar-refractivity contribution is 5.81. The zero-order valence-electron chi connectivity index (χ0n) is 19.8. The molecule has 2 heterocycles. The summed E-state index contributed by atoms with van der Waals surface area (Å²) in [5.74, 6) is 2.91. The molecule has 178 valence electrons. The number of carbonyl (C=O) groups excluding carboxylic acids is 1. The van der Waals surface area contributed by atoms with Crippen LogP contribution >= 0.6 is 0 Å². The molecule has 1 amide bonds. The van der Waals surface area contributed by atoms with Crippen molar-refractivity contribution in [2.75, 3.05) is 44.8 Å². The number of aromatic nitrogens is 2. The summed E-state index contributed by atoms with van der Waals surface area (Å²) < 4.78 is 16.7. The van der Waals surface area contributed by atoms with Gasteiger partial charge in [-0.05, 0) is 50.2 Å². The molecule has 0 N–H and O–H groups in total. The van der Waals surface area contributed by atoms with Gasteiger partial charge in [-0.25, -0.2) is 0 Å². The molecular formula is C26H30N4O4. The molecule has 1 aliphatic rings. The van der Waals surface area contributed by atoms with Crippen molar-refractivity contribution in [3.8, 4) is 28.5 Å². The van der Waals surface area contributed by atoms with Crippen LogP contribution in [0.15, 0.2) is 60.7 Å². The highest BCUT2D eigenvalue weighted by atomic mass is 16.5. The number of carbonyl (C=O) groups is 1. The van der Waals surface area contributed by atoms with Gasteiger partial charge in [-0.15, -0.1) is 10.2 Å². The number of rotatable bonds is 8. The van der Waals surface area contributed by atoms with Crippen molar-refractivity contribution in [3.05, 3.63) is 60.7 Å². The summed E-state index contributed by atoms with van der Waals surface area (Å²) in [6.07, 6.45) is -0.578. The predicted octanol–water partition coefficient (Wildman–Crippen LogP) is 3.67. The van der Waals surface area contributed by atoms with E-state index in [1.54, 1.807) is 20.1 Å². The fourth-order valence-corrected chi connectivity index (χ4v) is 3.90. The zero-order valence-corrected chi connectivity index (χ0v) is 19.8. The lowest BCUT2D eigenvalue weighted by molar-refractivity contribution is -0.138. The molecular weight excluding hydrogens is 432 g/mol. The van der Waals surface area contributed by atoms with Gasteiger partial charge in [0.1, 0.15) is 17.2 Å². The third-order valence-electron chi connectivity index (χ3n) is 5.71. The van der Waals surface area contributed by atoms with Crippen LogP contribution in [0.1, 0.15) is 13.8 Å². The third kappa shape index (κ3) is 5.57. The molecule has 34 heavy (non-hydrogen) atoms. The first-order chi connectivity index (χ1) is 16.6. The summed E-state index contributed by atoms with van der Waals surface area (Å²) in [5, 5.41) is 8.80. The van der Waals surface area contributed by atoms with E-state index in [4.69, 9.17) is 14.2 Å². The van der Waals surface area contributed by atoms with Crippen LogP contribution < -0.4 is 19.1 Å². The first-order valence-electron chi connectivity index (χ1n) is 11.5. The summed E-state index contributed by atoms with van der Waals surface area (Å²) >= 11 is 0. The quantitative estimate of drug-likeness (QED) is 0.506. The second-order valence-corrected chi connectivity index (χ2v) is 7.99. The SMILES string of the molecule is CCOc1cccc(OC(C)C(=O)N2CCN(c3ccc(-c4cccc(OC)c4)nn3)CC2)c1. The molecule has 1 atom stereocenters. The molecule has 2 aromatic carbocycles. The van der Waals surface area contributed by atoms with E-state index in [1.807, 2.05) is 66.4 Å². The molecule has 1 saturated heterocycles. The minimum atomic E-state index is -0.578. The van der Waals surface area contributed by atoms with Gasteiger partial charge < -0.3 is 24.0 Å². The topological polar surface area (TPSA) is 77.0 Å². The van der Waals surface area contributed by atoms with Crippen molar-refractivity contribution >= 4 is 11.7 Å². The van der Waals surface area contributed by atoms with Crippen molar-refractivity contribution in [3.63, 3.8) is 0 Å².